The van der Waals surface area contributed by atoms with Gasteiger partial charge >= 0.3 is 0 Å². The van der Waals surface area contributed by atoms with Crippen LogP contribution in [0.5, 0.6) is 0 Å². The van der Waals surface area contributed by atoms with Crippen molar-refractivity contribution >= 4 is 29.4 Å². The van der Waals surface area contributed by atoms with Crippen molar-refractivity contribution in [2.75, 3.05) is 26.3 Å². The minimum atomic E-state index is -1.96. The Kier molecular flexibility index (Phi) is 10.3. The highest BCUT2D eigenvalue weighted by atomic mass is 19.2. The number of carbonyl (C=O) groups excluding carboxylic acids is 5. The monoisotopic (exact) mass is 526 g/mol. The van der Waals surface area contributed by atoms with Crippen molar-refractivity contribution in [1.82, 2.24) is 30.4 Å². The van der Waals surface area contributed by atoms with E-state index in [9.17, 15) is 32.8 Å². The summed E-state index contributed by atoms with van der Waals surface area (Å²) in [6.07, 6.45) is 1.65. The summed E-state index contributed by atoms with van der Waals surface area (Å²) in [6, 6.07) is -3.03. The van der Waals surface area contributed by atoms with Crippen molar-refractivity contribution in [3.05, 3.63) is 18.2 Å². The molecular weight excluding hydrogens is 490 g/mol. The van der Waals surface area contributed by atoms with Crippen LogP contribution in [0.25, 0.3) is 0 Å². The Labute approximate surface area is 214 Å². The van der Waals surface area contributed by atoms with E-state index in [-0.39, 0.29) is 18.8 Å². The molecule has 1 aromatic rings. The lowest BCUT2D eigenvalue weighted by atomic mass is 9.85. The number of amides is 4. The molecule has 11 nitrogen and oxygen atoms in total. The van der Waals surface area contributed by atoms with Crippen LogP contribution in [0.15, 0.2) is 12.4 Å². The van der Waals surface area contributed by atoms with Gasteiger partial charge in [0.2, 0.25) is 17.7 Å². The van der Waals surface area contributed by atoms with E-state index in [2.05, 4.69) is 20.6 Å². The summed E-state index contributed by atoms with van der Waals surface area (Å²) >= 11 is 0. The molecule has 0 bridgehead atoms. The van der Waals surface area contributed by atoms with Gasteiger partial charge in [-0.1, -0.05) is 20.8 Å². The van der Waals surface area contributed by atoms with Crippen LogP contribution in [0.1, 0.15) is 58.1 Å². The summed E-state index contributed by atoms with van der Waals surface area (Å²) in [5.41, 5.74) is -0.765. The average molecular weight is 527 g/mol. The standard InChI is InChI=1S/C24H36F2N6O5/c1-14(15(2)33)32(13-16(26)11-25)22(36)17-7-6-10-31(17)23(37)19(24(3,4)5)30-18(34)12-29-21(35)20-27-8-9-28-20/h8-9,14,16-17,19H,6-7,10-13H2,1-5H3,(H,27,28)(H,29,35)(H,30,34)/t14-,16?,17?,19?/m0/s1. The predicted octanol–water partition coefficient (Wildman–Crippen LogP) is 0.775. The topological polar surface area (TPSA) is 145 Å². The van der Waals surface area contributed by atoms with Crippen LogP contribution in [-0.2, 0) is 19.2 Å². The Bertz CT molecular complexity index is 981. The first kappa shape index (κ1) is 29.8. The summed E-state index contributed by atoms with van der Waals surface area (Å²) < 4.78 is 26.8. The van der Waals surface area contributed by atoms with Crippen LogP contribution < -0.4 is 10.6 Å². The third-order valence-electron chi connectivity index (χ3n) is 6.26. The fourth-order valence-electron chi connectivity index (χ4n) is 4.06. The number of hydrogen-bond acceptors (Lipinski definition) is 6. The number of ketones is 1. The molecule has 37 heavy (non-hydrogen) atoms. The van der Waals surface area contributed by atoms with Gasteiger partial charge in [-0.05, 0) is 32.1 Å². The number of halogens is 2. The largest absolute Gasteiger partial charge is 0.342 e. The van der Waals surface area contributed by atoms with Crippen LogP contribution in [0.3, 0.4) is 0 Å². The number of nitrogens with zero attached hydrogens (tertiary/aromatic N) is 3. The number of hydrogen-bond donors (Lipinski definition) is 3. The van der Waals surface area contributed by atoms with E-state index in [1.54, 1.807) is 20.8 Å². The summed E-state index contributed by atoms with van der Waals surface area (Å²) in [7, 11) is 0. The number of nitrogens with one attached hydrogen (secondary N) is 3. The van der Waals surface area contributed by atoms with Crippen LogP contribution in [0.4, 0.5) is 8.78 Å². The molecule has 0 radical (unpaired) electrons. The zero-order valence-corrected chi connectivity index (χ0v) is 21.8. The molecule has 2 heterocycles. The molecule has 3 N–H and O–H groups in total. The fraction of sp³-hybridized carbons (Fsp3) is 0.667. The molecule has 1 aliphatic heterocycles. The quantitative estimate of drug-likeness (QED) is 0.389. The van der Waals surface area contributed by atoms with E-state index >= 15 is 0 Å². The van der Waals surface area contributed by atoms with E-state index < -0.39 is 78.9 Å². The van der Waals surface area contributed by atoms with Crippen molar-refractivity contribution in [3.63, 3.8) is 0 Å². The lowest BCUT2D eigenvalue weighted by Crippen LogP contribution is -2.60. The Morgan fingerprint density at radius 2 is 1.95 bits per heavy atom. The molecular formula is C24H36F2N6O5. The third kappa shape index (κ3) is 7.80. The number of aromatic amines is 1. The van der Waals surface area contributed by atoms with Gasteiger partial charge in [-0.15, -0.1) is 0 Å². The first-order chi connectivity index (χ1) is 17.3. The summed E-state index contributed by atoms with van der Waals surface area (Å²) in [5.74, 6) is -2.75. The lowest BCUT2D eigenvalue weighted by molar-refractivity contribution is -0.150. The van der Waals surface area contributed by atoms with Crippen LogP contribution in [0.2, 0.25) is 0 Å². The number of Topliss-reactive ketones (excluding diaryl/α,β-unsaturated/α-hetero) is 1. The van der Waals surface area contributed by atoms with Gasteiger partial charge in [-0.3, -0.25) is 24.0 Å². The van der Waals surface area contributed by atoms with E-state index in [0.29, 0.717) is 6.42 Å². The summed E-state index contributed by atoms with van der Waals surface area (Å²) in [5, 5.41) is 5.05. The van der Waals surface area contributed by atoms with E-state index in [0.717, 1.165) is 4.90 Å². The molecule has 0 aromatic carbocycles. The zero-order valence-electron chi connectivity index (χ0n) is 21.8. The fourth-order valence-corrected chi connectivity index (χ4v) is 4.06. The first-order valence-electron chi connectivity index (χ1n) is 12.2. The Morgan fingerprint density at radius 3 is 2.49 bits per heavy atom. The molecule has 1 fully saturated rings. The molecule has 1 saturated heterocycles. The van der Waals surface area contributed by atoms with Gasteiger partial charge in [0, 0.05) is 18.9 Å². The highest BCUT2D eigenvalue weighted by molar-refractivity contribution is 5.96. The van der Waals surface area contributed by atoms with Gasteiger partial charge in [-0.2, -0.15) is 0 Å². The minimum absolute atomic E-state index is 0.0299. The number of alkyl halides is 2. The molecule has 1 aliphatic rings. The molecule has 1 aromatic heterocycles. The lowest BCUT2D eigenvalue weighted by Gasteiger charge is -2.37. The number of H-pyrrole nitrogens is 1. The van der Waals surface area contributed by atoms with Gasteiger partial charge in [0.25, 0.3) is 5.91 Å². The average Bonchev–Trinajstić information content (AvgIpc) is 3.54. The van der Waals surface area contributed by atoms with E-state index in [1.807, 2.05) is 0 Å². The third-order valence-corrected chi connectivity index (χ3v) is 6.26. The molecule has 4 atom stereocenters. The molecule has 0 saturated carbocycles. The summed E-state index contributed by atoms with van der Waals surface area (Å²) in [6.45, 7) is 5.79. The van der Waals surface area contributed by atoms with Gasteiger partial charge < -0.3 is 25.4 Å². The number of imidazole rings is 1. The van der Waals surface area contributed by atoms with Crippen LogP contribution >= 0.6 is 0 Å². The number of aromatic nitrogens is 2. The second-order valence-electron chi connectivity index (χ2n) is 10.2. The molecule has 206 valence electrons. The summed E-state index contributed by atoms with van der Waals surface area (Å²) in [4.78, 5) is 72.3. The van der Waals surface area contributed by atoms with Gasteiger partial charge in [-0.25, -0.2) is 13.8 Å². The molecule has 3 unspecified atom stereocenters. The van der Waals surface area contributed by atoms with Crippen molar-refractivity contribution < 1.29 is 32.8 Å². The number of likely N-dealkylation sites (tertiary alicyclic amines) is 1. The van der Waals surface area contributed by atoms with Gasteiger partial charge in [0.15, 0.2) is 11.6 Å². The minimum Gasteiger partial charge on any atom is -0.342 e. The second kappa shape index (κ2) is 12.7. The normalized spacial score (nSPS) is 18.0. The maximum Gasteiger partial charge on any atom is 0.287 e. The van der Waals surface area contributed by atoms with E-state index in [1.165, 1.54) is 31.1 Å². The number of carbonyl (C=O) groups is 5. The highest BCUT2D eigenvalue weighted by Gasteiger charge is 2.44. The Balaban J connectivity index is 2.17. The molecule has 4 amide bonds. The second-order valence-corrected chi connectivity index (χ2v) is 10.2. The maximum atomic E-state index is 13.9. The predicted molar refractivity (Wildman–Crippen MR) is 130 cm³/mol. The Hall–Kier alpha value is -3.38. The first-order valence-corrected chi connectivity index (χ1v) is 12.2. The Morgan fingerprint density at radius 1 is 1.27 bits per heavy atom. The van der Waals surface area contributed by atoms with Crippen molar-refractivity contribution in [3.8, 4) is 0 Å². The SMILES string of the molecule is CC(=O)[C@H](C)N(CC(F)CF)C(=O)C1CCCN1C(=O)C(NC(=O)CNC(=O)c1ncc[nH]1)C(C)(C)C. The smallest absolute Gasteiger partial charge is 0.287 e. The van der Waals surface area contributed by atoms with Crippen LogP contribution in [0, 0.1) is 5.41 Å². The van der Waals surface area contributed by atoms with Gasteiger partial charge in [0.1, 0.15) is 24.9 Å². The molecule has 0 spiro atoms. The zero-order chi connectivity index (χ0) is 27.9. The van der Waals surface area contributed by atoms with Crippen LogP contribution in [-0.4, -0.2) is 99.8 Å². The number of rotatable bonds is 11. The van der Waals surface area contributed by atoms with Crippen molar-refractivity contribution in [2.24, 2.45) is 5.41 Å². The van der Waals surface area contributed by atoms with Crippen molar-refractivity contribution in [2.45, 2.75) is 71.8 Å². The molecule has 0 aliphatic carbocycles. The van der Waals surface area contributed by atoms with Crippen molar-refractivity contribution in [1.29, 1.82) is 0 Å². The van der Waals surface area contributed by atoms with Gasteiger partial charge in [0.05, 0.1) is 19.1 Å². The van der Waals surface area contributed by atoms with E-state index in [4.69, 9.17) is 0 Å². The molecule has 2 rings (SSSR count). The maximum absolute atomic E-state index is 13.9. The highest BCUT2D eigenvalue weighted by Crippen LogP contribution is 2.27. The molecule has 13 heteroatoms.